The number of aromatic amines is 2. The van der Waals surface area contributed by atoms with Gasteiger partial charge in [-0.2, -0.15) is 105 Å². The van der Waals surface area contributed by atoms with E-state index >= 15 is 17.6 Å². The summed E-state index contributed by atoms with van der Waals surface area (Å²) in [7, 11) is 0. The molecule has 8 nitrogen and oxygen atoms in total. The van der Waals surface area contributed by atoms with Crippen LogP contribution in [0.4, 0.5) is 123 Å². The fourth-order valence-electron chi connectivity index (χ4n) is 11.4. The van der Waals surface area contributed by atoms with Crippen molar-refractivity contribution < 1.29 is 123 Å². The van der Waals surface area contributed by atoms with Gasteiger partial charge in [0, 0.05) is 43.8 Å². The molecule has 0 atom stereocenters. The summed E-state index contributed by atoms with van der Waals surface area (Å²) >= 11 is 0. The van der Waals surface area contributed by atoms with Gasteiger partial charge in [-0.1, -0.05) is 24.3 Å². The molecular formula is C64H22F28N8. The number of nitrogens with zero attached hydrogens (tertiary/aromatic N) is 6. The van der Waals surface area contributed by atoms with E-state index in [4.69, 9.17) is 0 Å². The number of hydrogen-bond donors (Lipinski definition) is 2. The highest BCUT2D eigenvalue weighted by atomic mass is 19.4. The summed E-state index contributed by atoms with van der Waals surface area (Å²) in [5, 5.41) is -3.80. The zero-order valence-corrected chi connectivity index (χ0v) is 47.8. The summed E-state index contributed by atoms with van der Waals surface area (Å²) in [5.41, 5.74) is -31.8. The molecule has 11 aromatic rings. The van der Waals surface area contributed by atoms with E-state index < -0.39 is 251 Å². The quantitative estimate of drug-likeness (QED) is 0.170. The molecular weight excluding hydrogens is 1410 g/mol. The van der Waals surface area contributed by atoms with Gasteiger partial charge in [0.25, 0.3) is 0 Å². The first kappa shape index (κ1) is 67.7. The Hall–Kier alpha value is -10.8. The van der Waals surface area contributed by atoms with Gasteiger partial charge in [0.15, 0.2) is 46.6 Å². The van der Waals surface area contributed by atoms with Crippen molar-refractivity contribution in [1.29, 1.82) is 0 Å². The van der Waals surface area contributed by atoms with Crippen LogP contribution in [0.25, 0.3) is 134 Å². The van der Waals surface area contributed by atoms with Crippen LogP contribution >= 0.6 is 0 Å². The minimum Gasteiger partial charge on any atom is -0.324 e. The van der Waals surface area contributed by atoms with Crippen LogP contribution in [0, 0.1) is 23.3 Å². The average Bonchev–Trinajstić information content (AvgIpc) is 1.66. The van der Waals surface area contributed by atoms with E-state index in [1.54, 1.807) is 0 Å². The maximum Gasteiger partial charge on any atom is 0.416 e. The van der Waals surface area contributed by atoms with Crippen molar-refractivity contribution in [3.05, 3.63) is 189 Å². The normalized spacial score (nSPS) is 13.4. The van der Waals surface area contributed by atoms with Gasteiger partial charge in [0.1, 0.15) is 22.6 Å². The van der Waals surface area contributed by atoms with Crippen molar-refractivity contribution in [2.45, 2.75) is 49.4 Å². The molecule has 36 heteroatoms. The van der Waals surface area contributed by atoms with Crippen LogP contribution in [-0.2, 0) is 49.4 Å². The maximum absolute atomic E-state index is 15.8. The number of H-pyrrole nitrogens is 2. The lowest BCUT2D eigenvalue weighted by atomic mass is 9.91. The molecule has 2 aliphatic rings. The van der Waals surface area contributed by atoms with Gasteiger partial charge >= 0.3 is 49.4 Å². The van der Waals surface area contributed by atoms with E-state index in [0.29, 0.717) is 24.3 Å². The molecule has 0 spiro atoms. The Bertz CT molecular complexity index is 4700. The molecule has 514 valence electrons. The number of halogens is 28. The SMILES string of the molecule is Fc1cc2c(cc1F)-c1nc-2nc2[nH]c(nc3nc(nc4[nH]c(n1)c1c(-c5cc(C(F)(F)F)cc(C(F)(F)F)c5)ccc(-c5cc(C(F)(F)F)cc(C(F)(F)F)c5)c41)-c1cc(F)c(F)cc1-3)c1c(-c3cc(C(F)(F)F)cc(C(F)(F)F)c3)ccc(-c3cc(C(F)(F)F)cc(C(F)(F)F)c3)c21. The van der Waals surface area contributed by atoms with Crippen molar-refractivity contribution in [3.63, 3.8) is 0 Å². The Balaban J connectivity index is 1.29. The second-order valence-electron chi connectivity index (χ2n) is 22.2. The number of nitrogens with one attached hydrogen (secondary N) is 2. The summed E-state index contributed by atoms with van der Waals surface area (Å²) in [5.74, 6) is -11.5. The van der Waals surface area contributed by atoms with Gasteiger partial charge in [0.05, 0.1) is 44.5 Å². The molecule has 2 aliphatic heterocycles. The van der Waals surface area contributed by atoms with Crippen LogP contribution in [0.5, 0.6) is 0 Å². The molecule has 8 bridgehead atoms. The number of alkyl halides is 24. The maximum atomic E-state index is 15.8. The summed E-state index contributed by atoms with van der Waals surface area (Å²) in [6.07, 6.45) is -45.2. The van der Waals surface area contributed by atoms with Gasteiger partial charge in [-0.05, 0) is 142 Å². The lowest BCUT2D eigenvalue weighted by Gasteiger charge is -2.17. The summed E-state index contributed by atoms with van der Waals surface area (Å²) in [6.45, 7) is 0. The number of aromatic nitrogens is 8. The van der Waals surface area contributed by atoms with Crippen molar-refractivity contribution >= 4 is 44.1 Å². The zero-order chi connectivity index (χ0) is 72.6. The molecule has 100 heavy (non-hydrogen) atoms. The van der Waals surface area contributed by atoms with Gasteiger partial charge in [-0.15, -0.1) is 0 Å². The van der Waals surface area contributed by atoms with Crippen molar-refractivity contribution in [3.8, 4) is 90.1 Å². The van der Waals surface area contributed by atoms with Crippen molar-refractivity contribution in [2.24, 2.45) is 0 Å². The predicted octanol–water partition coefficient (Wildman–Crippen LogP) is 22.2. The van der Waals surface area contributed by atoms with Crippen LogP contribution in [0.1, 0.15) is 44.5 Å². The van der Waals surface area contributed by atoms with Crippen LogP contribution in [0.2, 0.25) is 0 Å². The highest BCUT2D eigenvalue weighted by Crippen LogP contribution is 2.51. The Morgan fingerprint density at radius 3 is 0.510 bits per heavy atom. The van der Waals surface area contributed by atoms with Gasteiger partial charge in [0.2, 0.25) is 0 Å². The van der Waals surface area contributed by atoms with Crippen molar-refractivity contribution in [1.82, 2.24) is 39.9 Å². The Morgan fingerprint density at radius 1 is 0.200 bits per heavy atom. The lowest BCUT2D eigenvalue weighted by molar-refractivity contribution is -0.144. The first-order chi connectivity index (χ1) is 46.2. The number of benzene rings is 8. The van der Waals surface area contributed by atoms with Gasteiger partial charge in [-0.3, -0.25) is 0 Å². The molecule has 0 saturated carbocycles. The van der Waals surface area contributed by atoms with Crippen molar-refractivity contribution in [2.75, 3.05) is 0 Å². The topological polar surface area (TPSA) is 109 Å². The molecule has 0 radical (unpaired) electrons. The van der Waals surface area contributed by atoms with E-state index in [1.165, 1.54) is 0 Å². The first-order valence-electron chi connectivity index (χ1n) is 27.5. The van der Waals surface area contributed by atoms with Crippen LogP contribution in [-0.4, -0.2) is 39.9 Å². The third-order valence-electron chi connectivity index (χ3n) is 15.8. The molecule has 0 fully saturated rings. The minimum absolute atomic E-state index is 0.0987. The van der Waals surface area contributed by atoms with Gasteiger partial charge in [-0.25, -0.2) is 47.5 Å². The van der Waals surface area contributed by atoms with E-state index in [-0.39, 0.29) is 97.1 Å². The highest BCUT2D eigenvalue weighted by Gasteiger charge is 2.43. The molecule has 8 aromatic carbocycles. The Labute approximate surface area is 534 Å². The second kappa shape index (κ2) is 22.3. The predicted molar refractivity (Wildman–Crippen MR) is 298 cm³/mol. The Kier molecular flexibility index (Phi) is 15.1. The first-order valence-corrected chi connectivity index (χ1v) is 27.5. The summed E-state index contributed by atoms with van der Waals surface area (Å²) in [4.78, 5) is 30.7. The van der Waals surface area contributed by atoms with E-state index in [1.807, 2.05) is 0 Å². The molecule has 0 amide bonds. The number of fused-ring (bicyclic) bond motifs is 20. The molecule has 13 rings (SSSR count). The molecule has 3 aromatic heterocycles. The van der Waals surface area contributed by atoms with E-state index in [2.05, 4.69) is 39.9 Å². The van der Waals surface area contributed by atoms with E-state index in [0.717, 1.165) is 0 Å². The fraction of sp³-hybridized carbons (Fsp3) is 0.125. The van der Waals surface area contributed by atoms with Crippen LogP contribution in [0.3, 0.4) is 0 Å². The third kappa shape index (κ3) is 12.1. The lowest BCUT2D eigenvalue weighted by Crippen LogP contribution is -2.11. The third-order valence-corrected chi connectivity index (χ3v) is 15.8. The summed E-state index contributed by atoms with van der Waals surface area (Å²) in [6, 6.07) is 2.93. The molecule has 0 saturated heterocycles. The molecule has 0 unspecified atom stereocenters. The standard InChI is InChI=1S/C64H22F28N8/c65-41-17-37-38(18-42(41)66)51-93-49(37)95-53-45-33(21-5-25(57(69,70)71)13-26(6-21)58(72,73)74)1-2-34(22-7-27(59(75,76)77)14-28(8-22)60(78,79)80)46(45)54(99-53)96-50-39-19-43(67)44(68)20-40(39)52(94-50)98-56-48-36(24-11-31(63(87,88)89)16-32(12-24)64(90,91)92)4-3-35(47(48)55(97-51)100-56)23-9-29(61(81,82)83)15-30(10-23)62(84,85)86/h1-20H,(H2,93,94,95,96,97,98,99,100). The Morgan fingerprint density at radius 2 is 0.360 bits per heavy atom. The minimum atomic E-state index is -5.66. The zero-order valence-electron chi connectivity index (χ0n) is 47.8. The van der Waals surface area contributed by atoms with E-state index in [9.17, 15) is 105 Å². The number of rotatable bonds is 4. The monoisotopic (exact) mass is 1430 g/mol. The van der Waals surface area contributed by atoms with Crippen LogP contribution < -0.4 is 0 Å². The highest BCUT2D eigenvalue weighted by molar-refractivity contribution is 6.20. The smallest absolute Gasteiger partial charge is 0.324 e. The fourth-order valence-corrected chi connectivity index (χ4v) is 11.4. The summed E-state index contributed by atoms with van der Waals surface area (Å²) < 4.78 is 416. The van der Waals surface area contributed by atoms with Crippen LogP contribution in [0.15, 0.2) is 121 Å². The largest absolute Gasteiger partial charge is 0.416 e. The average molecular weight is 1430 g/mol. The second-order valence-corrected chi connectivity index (χ2v) is 22.2. The molecule has 2 N–H and O–H groups in total. The molecule has 5 heterocycles. The molecule has 0 aliphatic carbocycles. The number of hydrogen-bond acceptors (Lipinski definition) is 6. The van der Waals surface area contributed by atoms with Gasteiger partial charge < -0.3 is 9.97 Å².